The van der Waals surface area contributed by atoms with Gasteiger partial charge in [-0.05, 0) is 24.0 Å². The number of fused-ring (bicyclic) bond motifs is 1. The number of nitrogens with zero attached hydrogens (tertiary/aromatic N) is 2. The van der Waals surface area contributed by atoms with E-state index >= 15 is 0 Å². The molecule has 0 aliphatic carbocycles. The molecule has 0 fully saturated rings. The highest BCUT2D eigenvalue weighted by molar-refractivity contribution is 6.21. The molecule has 1 aromatic heterocycles. The highest BCUT2D eigenvalue weighted by Crippen LogP contribution is 2.33. The normalized spacial score (nSPS) is 14.3. The molecule has 1 aromatic carbocycles. The van der Waals surface area contributed by atoms with Crippen LogP contribution in [0.3, 0.4) is 0 Å². The third kappa shape index (κ3) is 2.54. The maximum Gasteiger partial charge on any atom is 0.295 e. The molecular weight excluding hydrogens is 264 g/mol. The predicted octanol–water partition coefficient (Wildman–Crippen LogP) is 4.26. The molecule has 0 amide bonds. The van der Waals surface area contributed by atoms with Gasteiger partial charge in [0.1, 0.15) is 5.52 Å². The first-order valence-electron chi connectivity index (χ1n) is 6.22. The van der Waals surface area contributed by atoms with Gasteiger partial charge in [0.25, 0.3) is 5.69 Å². The summed E-state index contributed by atoms with van der Waals surface area (Å²) in [7, 11) is 0. The van der Waals surface area contributed by atoms with Crippen LogP contribution >= 0.6 is 11.6 Å². The van der Waals surface area contributed by atoms with Crippen molar-refractivity contribution in [1.82, 2.24) is 4.98 Å². The maximum absolute atomic E-state index is 11.0. The number of hydrogen-bond donors (Lipinski definition) is 0. The number of non-ortho nitro benzene ring substituents is 1. The lowest BCUT2D eigenvalue weighted by molar-refractivity contribution is -0.383. The van der Waals surface area contributed by atoms with Gasteiger partial charge in [-0.15, -0.1) is 11.6 Å². The van der Waals surface area contributed by atoms with Crippen LogP contribution in [0.15, 0.2) is 30.5 Å². The van der Waals surface area contributed by atoms with Crippen molar-refractivity contribution < 1.29 is 4.92 Å². The Morgan fingerprint density at radius 3 is 2.79 bits per heavy atom. The van der Waals surface area contributed by atoms with E-state index in [1.54, 1.807) is 12.3 Å². The second-order valence-electron chi connectivity index (χ2n) is 4.54. The Hall–Kier alpha value is -1.68. The van der Waals surface area contributed by atoms with Crippen molar-refractivity contribution in [3.8, 4) is 0 Å². The molecule has 0 spiro atoms. The minimum Gasteiger partial charge on any atom is -0.258 e. The summed E-state index contributed by atoms with van der Waals surface area (Å²) >= 11 is 6.30. The molecule has 5 heteroatoms. The van der Waals surface area contributed by atoms with Gasteiger partial charge < -0.3 is 0 Å². The Balaban J connectivity index is 2.64. The first-order chi connectivity index (χ1) is 9.06. The summed E-state index contributed by atoms with van der Waals surface area (Å²) in [6.07, 6.45) is 2.46. The van der Waals surface area contributed by atoms with Crippen LogP contribution in [0, 0.1) is 10.1 Å². The number of halogens is 1. The summed E-state index contributed by atoms with van der Waals surface area (Å²) in [4.78, 5) is 14.8. The zero-order chi connectivity index (χ0) is 14.0. The highest BCUT2D eigenvalue weighted by atomic mass is 35.5. The van der Waals surface area contributed by atoms with Crippen molar-refractivity contribution in [1.29, 1.82) is 0 Å². The third-order valence-electron chi connectivity index (χ3n) is 3.40. The number of nitro groups is 1. The van der Waals surface area contributed by atoms with Gasteiger partial charge in [-0.2, -0.15) is 0 Å². The Bertz CT molecular complexity index is 615. The Labute approximate surface area is 116 Å². The van der Waals surface area contributed by atoms with Crippen LogP contribution in [0.4, 0.5) is 5.69 Å². The number of aromatic nitrogens is 1. The van der Waals surface area contributed by atoms with Crippen LogP contribution < -0.4 is 0 Å². The van der Waals surface area contributed by atoms with E-state index in [9.17, 15) is 10.1 Å². The Morgan fingerprint density at radius 2 is 2.16 bits per heavy atom. The second-order valence-corrected chi connectivity index (χ2v) is 5.10. The SMILES string of the molecule is CCC(Cl)C(C)c1ccnc2c([N+](=O)[O-])cccc12. The van der Waals surface area contributed by atoms with Crippen molar-refractivity contribution >= 4 is 28.2 Å². The molecule has 2 atom stereocenters. The molecule has 0 aliphatic heterocycles. The summed E-state index contributed by atoms with van der Waals surface area (Å²) in [5, 5.41) is 11.8. The van der Waals surface area contributed by atoms with Gasteiger partial charge in [0.15, 0.2) is 0 Å². The average Bonchev–Trinajstić information content (AvgIpc) is 2.44. The molecule has 0 saturated carbocycles. The van der Waals surface area contributed by atoms with Crippen LogP contribution in [0.5, 0.6) is 0 Å². The monoisotopic (exact) mass is 278 g/mol. The standard InChI is InChI=1S/C14H15ClN2O2/c1-3-12(15)9(2)10-7-8-16-14-11(10)5-4-6-13(14)17(18)19/h4-9,12H,3H2,1-2H3. The molecule has 4 nitrogen and oxygen atoms in total. The quantitative estimate of drug-likeness (QED) is 0.477. The first-order valence-corrected chi connectivity index (χ1v) is 6.66. The lowest BCUT2D eigenvalue weighted by Gasteiger charge is -2.18. The van der Waals surface area contributed by atoms with Gasteiger partial charge in [0, 0.05) is 23.0 Å². The fraction of sp³-hybridized carbons (Fsp3) is 0.357. The van der Waals surface area contributed by atoms with Crippen LogP contribution in [0.25, 0.3) is 10.9 Å². The number of pyridine rings is 1. The molecule has 0 N–H and O–H groups in total. The molecule has 2 rings (SSSR count). The summed E-state index contributed by atoms with van der Waals surface area (Å²) in [6, 6.07) is 6.91. The van der Waals surface area contributed by atoms with E-state index in [0.29, 0.717) is 5.52 Å². The largest absolute Gasteiger partial charge is 0.295 e. The van der Waals surface area contributed by atoms with Crippen molar-refractivity contribution in [2.24, 2.45) is 0 Å². The number of nitro benzene ring substituents is 1. The summed E-state index contributed by atoms with van der Waals surface area (Å²) in [5.41, 5.74) is 1.47. The molecule has 0 radical (unpaired) electrons. The Morgan fingerprint density at radius 1 is 1.42 bits per heavy atom. The topological polar surface area (TPSA) is 56.0 Å². The van der Waals surface area contributed by atoms with Crippen LogP contribution in [0.2, 0.25) is 0 Å². The molecule has 0 bridgehead atoms. The first kappa shape index (κ1) is 13.7. The zero-order valence-corrected chi connectivity index (χ0v) is 11.6. The van der Waals surface area contributed by atoms with Crippen LogP contribution in [0.1, 0.15) is 31.7 Å². The van der Waals surface area contributed by atoms with E-state index in [1.165, 1.54) is 6.07 Å². The molecule has 0 saturated heterocycles. The van der Waals surface area contributed by atoms with Crippen LogP contribution in [-0.2, 0) is 0 Å². The van der Waals surface area contributed by atoms with E-state index < -0.39 is 4.92 Å². The van der Waals surface area contributed by atoms with Gasteiger partial charge >= 0.3 is 0 Å². The van der Waals surface area contributed by atoms with E-state index in [0.717, 1.165) is 17.4 Å². The smallest absolute Gasteiger partial charge is 0.258 e. The Kier molecular flexibility index (Phi) is 4.00. The maximum atomic E-state index is 11.0. The average molecular weight is 279 g/mol. The number of rotatable bonds is 4. The van der Waals surface area contributed by atoms with E-state index in [-0.39, 0.29) is 17.0 Å². The summed E-state index contributed by atoms with van der Waals surface area (Å²) in [5.74, 6) is 0.124. The van der Waals surface area contributed by atoms with Crippen molar-refractivity contribution in [2.75, 3.05) is 0 Å². The van der Waals surface area contributed by atoms with Gasteiger partial charge in [-0.25, -0.2) is 4.98 Å². The minimum atomic E-state index is -0.401. The minimum absolute atomic E-state index is 0.00450. The number of hydrogen-bond acceptors (Lipinski definition) is 3. The van der Waals surface area contributed by atoms with Crippen molar-refractivity contribution in [3.05, 3.63) is 46.1 Å². The molecule has 1 heterocycles. The van der Waals surface area contributed by atoms with E-state index in [4.69, 9.17) is 11.6 Å². The number of benzene rings is 1. The predicted molar refractivity (Wildman–Crippen MR) is 76.7 cm³/mol. The fourth-order valence-electron chi connectivity index (χ4n) is 2.27. The van der Waals surface area contributed by atoms with Gasteiger partial charge in [0.2, 0.25) is 0 Å². The van der Waals surface area contributed by atoms with Crippen LogP contribution in [-0.4, -0.2) is 15.3 Å². The highest BCUT2D eigenvalue weighted by Gasteiger charge is 2.20. The molecule has 19 heavy (non-hydrogen) atoms. The third-order valence-corrected chi connectivity index (χ3v) is 4.09. The zero-order valence-electron chi connectivity index (χ0n) is 10.8. The number of alkyl halides is 1. The molecule has 2 aromatic rings. The molecule has 0 aliphatic rings. The lowest BCUT2D eigenvalue weighted by atomic mass is 9.93. The van der Waals surface area contributed by atoms with E-state index in [1.807, 2.05) is 26.0 Å². The fourth-order valence-corrected chi connectivity index (χ4v) is 2.41. The van der Waals surface area contributed by atoms with Crippen molar-refractivity contribution in [2.45, 2.75) is 31.6 Å². The lowest BCUT2D eigenvalue weighted by Crippen LogP contribution is -2.09. The molecule has 2 unspecified atom stereocenters. The second kappa shape index (κ2) is 5.53. The molecule has 100 valence electrons. The summed E-state index contributed by atoms with van der Waals surface area (Å²) < 4.78 is 0. The van der Waals surface area contributed by atoms with E-state index in [2.05, 4.69) is 4.98 Å². The van der Waals surface area contributed by atoms with Gasteiger partial charge in [-0.1, -0.05) is 26.0 Å². The molecular formula is C14H15ClN2O2. The number of para-hydroxylation sites is 1. The summed E-state index contributed by atoms with van der Waals surface area (Å²) in [6.45, 7) is 4.06. The van der Waals surface area contributed by atoms with Crippen molar-refractivity contribution in [3.63, 3.8) is 0 Å². The van der Waals surface area contributed by atoms with Gasteiger partial charge in [-0.3, -0.25) is 10.1 Å². The van der Waals surface area contributed by atoms with Gasteiger partial charge in [0.05, 0.1) is 4.92 Å².